The van der Waals surface area contributed by atoms with Crippen LogP contribution in [-0.2, 0) is 4.79 Å². The van der Waals surface area contributed by atoms with Crippen LogP contribution in [0, 0.1) is 0 Å². The monoisotopic (exact) mass is 443 g/mol. The molecule has 0 bridgehead atoms. The molecule has 1 atom stereocenters. The Bertz CT molecular complexity index is 1020. The number of carbonyl (C=O) groups excluding carboxylic acids is 2. The topological polar surface area (TPSA) is 57.0 Å². The first-order valence-corrected chi connectivity index (χ1v) is 11.7. The number of carbonyl (C=O) groups is 2. The smallest absolute Gasteiger partial charge is 0.290 e. The Morgan fingerprint density at radius 3 is 2.00 bits per heavy atom. The summed E-state index contributed by atoms with van der Waals surface area (Å²) in [5.74, 6) is 0.166. The van der Waals surface area contributed by atoms with Crippen molar-refractivity contribution in [2.24, 2.45) is 0 Å². The third kappa shape index (κ3) is 4.44. The van der Waals surface area contributed by atoms with Gasteiger partial charge < -0.3 is 14.2 Å². The Morgan fingerprint density at radius 1 is 0.788 bits per heavy atom. The molecule has 6 heteroatoms. The number of amides is 2. The van der Waals surface area contributed by atoms with E-state index in [9.17, 15) is 9.59 Å². The number of furan rings is 1. The average molecular weight is 444 g/mol. The molecule has 2 aromatic carbocycles. The molecule has 0 aliphatic carbocycles. The van der Waals surface area contributed by atoms with Crippen LogP contribution in [0.3, 0.4) is 0 Å². The lowest BCUT2D eigenvalue weighted by Gasteiger charge is -2.41. The highest BCUT2D eigenvalue weighted by Crippen LogP contribution is 2.30. The number of rotatable bonds is 5. The number of piperazine rings is 1. The maximum absolute atomic E-state index is 13.4. The number of hydrogen-bond donors (Lipinski definition) is 0. The molecular formula is C27H29N3O3. The van der Waals surface area contributed by atoms with Crippen molar-refractivity contribution in [3.8, 4) is 0 Å². The zero-order valence-corrected chi connectivity index (χ0v) is 18.7. The van der Waals surface area contributed by atoms with E-state index < -0.39 is 6.04 Å². The molecule has 170 valence electrons. The van der Waals surface area contributed by atoms with Gasteiger partial charge in [0.2, 0.25) is 5.91 Å². The van der Waals surface area contributed by atoms with Gasteiger partial charge >= 0.3 is 0 Å². The summed E-state index contributed by atoms with van der Waals surface area (Å²) in [6.45, 7) is 3.50. The third-order valence-electron chi connectivity index (χ3n) is 6.75. The first-order chi connectivity index (χ1) is 16.2. The van der Waals surface area contributed by atoms with Crippen LogP contribution in [0.15, 0.2) is 83.5 Å². The summed E-state index contributed by atoms with van der Waals surface area (Å²) in [5, 5.41) is 0. The average Bonchev–Trinajstić information content (AvgIpc) is 3.58. The van der Waals surface area contributed by atoms with Gasteiger partial charge in [-0.15, -0.1) is 0 Å². The van der Waals surface area contributed by atoms with Crippen LogP contribution in [0.1, 0.15) is 40.6 Å². The molecule has 2 fully saturated rings. The van der Waals surface area contributed by atoms with E-state index in [1.54, 1.807) is 17.0 Å². The van der Waals surface area contributed by atoms with Crippen LogP contribution in [0.5, 0.6) is 0 Å². The van der Waals surface area contributed by atoms with E-state index >= 15 is 0 Å². The molecule has 6 nitrogen and oxygen atoms in total. The number of hydrogen-bond acceptors (Lipinski definition) is 4. The predicted molar refractivity (Wildman–Crippen MR) is 126 cm³/mol. The van der Waals surface area contributed by atoms with Crippen LogP contribution in [0.4, 0.5) is 0 Å². The summed E-state index contributed by atoms with van der Waals surface area (Å²) in [6.07, 6.45) is 3.05. The lowest BCUT2D eigenvalue weighted by Crippen LogP contribution is -2.55. The van der Waals surface area contributed by atoms with E-state index in [-0.39, 0.29) is 17.9 Å². The van der Waals surface area contributed by atoms with E-state index in [1.165, 1.54) is 17.4 Å². The molecule has 3 heterocycles. The lowest BCUT2D eigenvalue weighted by molar-refractivity contribution is -0.137. The van der Waals surface area contributed by atoms with Gasteiger partial charge in [-0.3, -0.25) is 14.5 Å². The van der Waals surface area contributed by atoms with E-state index in [0.29, 0.717) is 31.8 Å². The second-order valence-electron chi connectivity index (χ2n) is 8.72. The molecule has 0 spiro atoms. The number of nitrogens with zero attached hydrogens (tertiary/aromatic N) is 3. The van der Waals surface area contributed by atoms with Gasteiger partial charge in [0.05, 0.1) is 12.3 Å². The van der Waals surface area contributed by atoms with Gasteiger partial charge in [-0.25, -0.2) is 0 Å². The van der Waals surface area contributed by atoms with Crippen LogP contribution in [0.25, 0.3) is 0 Å². The molecule has 1 aromatic heterocycles. The number of benzene rings is 2. The molecule has 0 N–H and O–H groups in total. The highest BCUT2D eigenvalue weighted by atomic mass is 16.3. The van der Waals surface area contributed by atoms with E-state index in [4.69, 9.17) is 4.42 Å². The fourth-order valence-electron chi connectivity index (χ4n) is 5.10. The molecule has 0 radical (unpaired) electrons. The van der Waals surface area contributed by atoms with E-state index in [2.05, 4.69) is 53.4 Å². The van der Waals surface area contributed by atoms with Crippen molar-refractivity contribution in [3.63, 3.8) is 0 Å². The molecule has 0 saturated carbocycles. The molecule has 2 saturated heterocycles. The minimum Gasteiger partial charge on any atom is -0.459 e. The first-order valence-electron chi connectivity index (χ1n) is 11.7. The predicted octanol–water partition coefficient (Wildman–Crippen LogP) is 3.82. The Kier molecular flexibility index (Phi) is 6.26. The summed E-state index contributed by atoms with van der Waals surface area (Å²) in [5.41, 5.74) is 2.52. The molecule has 2 aliphatic heterocycles. The molecule has 2 aliphatic rings. The summed E-state index contributed by atoms with van der Waals surface area (Å²) >= 11 is 0. The summed E-state index contributed by atoms with van der Waals surface area (Å²) in [7, 11) is 0. The highest BCUT2D eigenvalue weighted by Gasteiger charge is 2.39. The molecule has 3 aromatic rings. The normalized spacial score (nSPS) is 19.2. The van der Waals surface area contributed by atoms with Gasteiger partial charge in [0.25, 0.3) is 5.91 Å². The fraction of sp³-hybridized carbons (Fsp3) is 0.333. The molecule has 2 amide bonds. The largest absolute Gasteiger partial charge is 0.459 e. The Labute approximate surface area is 194 Å². The summed E-state index contributed by atoms with van der Waals surface area (Å²) < 4.78 is 5.28. The Balaban J connectivity index is 1.28. The maximum atomic E-state index is 13.4. The molecule has 33 heavy (non-hydrogen) atoms. The zero-order valence-electron chi connectivity index (χ0n) is 18.7. The van der Waals surface area contributed by atoms with E-state index in [1.807, 2.05) is 17.0 Å². The Hall–Kier alpha value is -3.38. The van der Waals surface area contributed by atoms with Gasteiger partial charge in [-0.1, -0.05) is 60.7 Å². The zero-order chi connectivity index (χ0) is 22.6. The highest BCUT2D eigenvalue weighted by molar-refractivity contribution is 5.96. The van der Waals surface area contributed by atoms with Crippen molar-refractivity contribution in [1.82, 2.24) is 14.7 Å². The SMILES string of the molecule is O=C(C1CCCN1C(=O)c1ccco1)N1CCN(C(c2ccccc2)c2ccccc2)CC1. The third-order valence-corrected chi connectivity index (χ3v) is 6.75. The standard InChI is InChI=1S/C27H29N3O3/c31-26(23-13-7-15-30(23)27(32)24-14-8-20-33-24)29-18-16-28(17-19-29)25(21-9-3-1-4-10-21)22-11-5-2-6-12-22/h1-6,8-12,14,20,23,25H,7,13,15-19H2. The second kappa shape index (κ2) is 9.63. The fourth-order valence-corrected chi connectivity index (χ4v) is 5.10. The van der Waals surface area contributed by atoms with Crippen molar-refractivity contribution < 1.29 is 14.0 Å². The van der Waals surface area contributed by atoms with Gasteiger partial charge in [-0.2, -0.15) is 0 Å². The minimum atomic E-state index is -0.395. The molecule has 5 rings (SSSR count). The number of likely N-dealkylation sites (tertiary alicyclic amines) is 1. The van der Waals surface area contributed by atoms with Crippen LogP contribution < -0.4 is 0 Å². The van der Waals surface area contributed by atoms with Crippen LogP contribution >= 0.6 is 0 Å². The molecular weight excluding hydrogens is 414 g/mol. The summed E-state index contributed by atoms with van der Waals surface area (Å²) in [6, 6.07) is 24.2. The van der Waals surface area contributed by atoms with Crippen molar-refractivity contribution in [2.45, 2.75) is 24.9 Å². The van der Waals surface area contributed by atoms with Crippen molar-refractivity contribution in [2.75, 3.05) is 32.7 Å². The van der Waals surface area contributed by atoms with Crippen molar-refractivity contribution >= 4 is 11.8 Å². The van der Waals surface area contributed by atoms with Crippen LogP contribution in [-0.4, -0.2) is 65.3 Å². The van der Waals surface area contributed by atoms with Crippen molar-refractivity contribution in [1.29, 1.82) is 0 Å². The molecule has 1 unspecified atom stereocenters. The van der Waals surface area contributed by atoms with Crippen LogP contribution in [0.2, 0.25) is 0 Å². The summed E-state index contributed by atoms with van der Waals surface area (Å²) in [4.78, 5) is 32.3. The maximum Gasteiger partial charge on any atom is 0.290 e. The van der Waals surface area contributed by atoms with Gasteiger partial charge in [0.15, 0.2) is 5.76 Å². The lowest BCUT2D eigenvalue weighted by atomic mass is 9.96. The second-order valence-corrected chi connectivity index (χ2v) is 8.72. The van der Waals surface area contributed by atoms with E-state index in [0.717, 1.165) is 19.5 Å². The van der Waals surface area contributed by atoms with Gasteiger partial charge in [0.1, 0.15) is 6.04 Å². The van der Waals surface area contributed by atoms with Gasteiger partial charge in [0, 0.05) is 32.7 Å². The van der Waals surface area contributed by atoms with Gasteiger partial charge in [-0.05, 0) is 36.1 Å². The Morgan fingerprint density at radius 2 is 1.42 bits per heavy atom. The first kappa shape index (κ1) is 21.5. The quantitative estimate of drug-likeness (QED) is 0.602. The van der Waals surface area contributed by atoms with Crippen molar-refractivity contribution in [3.05, 3.63) is 95.9 Å². The minimum absolute atomic E-state index is 0.0584.